The van der Waals surface area contributed by atoms with E-state index in [0.29, 0.717) is 22.9 Å². The zero-order chi connectivity index (χ0) is 13.0. The first-order chi connectivity index (χ1) is 7.95. The van der Waals surface area contributed by atoms with Crippen LogP contribution in [0.15, 0.2) is 12.1 Å². The van der Waals surface area contributed by atoms with Crippen molar-refractivity contribution >= 4 is 30.0 Å². The Morgan fingerprint density at radius 3 is 2.61 bits per heavy atom. The van der Waals surface area contributed by atoms with Crippen LogP contribution in [0.3, 0.4) is 0 Å². The number of hydrogen-bond acceptors (Lipinski definition) is 4. The minimum Gasteiger partial charge on any atom is -0.492 e. The van der Waals surface area contributed by atoms with E-state index in [1.807, 2.05) is 6.92 Å². The lowest BCUT2D eigenvalue weighted by atomic mass is 10.1. The molecule has 1 atom stereocenters. The molecule has 0 aliphatic heterocycles. The van der Waals surface area contributed by atoms with Crippen molar-refractivity contribution < 1.29 is 14.3 Å². The smallest absolute Gasteiger partial charge is 0.339 e. The molecule has 0 aromatic heterocycles. The number of halogens is 2. The zero-order valence-corrected chi connectivity index (χ0v) is 12.1. The lowest BCUT2D eigenvalue weighted by Crippen LogP contribution is -2.23. The summed E-state index contributed by atoms with van der Waals surface area (Å²) in [7, 11) is 1.31. The Hall–Kier alpha value is -0.970. The van der Waals surface area contributed by atoms with Gasteiger partial charge in [0.15, 0.2) is 0 Å². The second kappa shape index (κ2) is 7.46. The van der Waals surface area contributed by atoms with E-state index in [-0.39, 0.29) is 18.4 Å². The van der Waals surface area contributed by atoms with Crippen LogP contribution < -0.4 is 10.5 Å². The lowest BCUT2D eigenvalue weighted by Gasteiger charge is -2.12. The highest BCUT2D eigenvalue weighted by atomic mass is 35.5. The van der Waals surface area contributed by atoms with E-state index in [1.165, 1.54) is 7.11 Å². The number of carbonyl (C=O) groups is 1. The highest BCUT2D eigenvalue weighted by molar-refractivity contribution is 6.34. The average molecular weight is 294 g/mol. The SMILES string of the molecule is COC(=O)c1cc(OC[C@H](C)N)cc(C)c1Cl.Cl. The molecule has 0 aliphatic carbocycles. The van der Waals surface area contributed by atoms with Gasteiger partial charge in [0.2, 0.25) is 0 Å². The summed E-state index contributed by atoms with van der Waals surface area (Å²) in [4.78, 5) is 11.5. The monoisotopic (exact) mass is 293 g/mol. The van der Waals surface area contributed by atoms with Crippen molar-refractivity contribution in [1.82, 2.24) is 0 Å². The zero-order valence-electron chi connectivity index (χ0n) is 10.5. The number of hydrogen-bond donors (Lipinski definition) is 1. The molecule has 1 aromatic carbocycles. The van der Waals surface area contributed by atoms with Gasteiger partial charge in [-0.3, -0.25) is 0 Å². The van der Waals surface area contributed by atoms with Gasteiger partial charge in [-0.15, -0.1) is 12.4 Å². The summed E-state index contributed by atoms with van der Waals surface area (Å²) in [6, 6.07) is 3.24. The fourth-order valence-corrected chi connectivity index (χ4v) is 1.49. The first kappa shape index (κ1) is 17.0. The third kappa shape index (κ3) is 4.37. The number of ether oxygens (including phenoxy) is 2. The van der Waals surface area contributed by atoms with Crippen LogP contribution in [0.25, 0.3) is 0 Å². The van der Waals surface area contributed by atoms with Crippen molar-refractivity contribution in [3.63, 3.8) is 0 Å². The van der Waals surface area contributed by atoms with E-state index in [0.717, 1.165) is 5.56 Å². The molecule has 4 nitrogen and oxygen atoms in total. The molecule has 0 heterocycles. The van der Waals surface area contributed by atoms with Crippen LogP contribution in [0.5, 0.6) is 5.75 Å². The molecule has 102 valence electrons. The second-order valence-corrected chi connectivity index (χ2v) is 4.26. The topological polar surface area (TPSA) is 61.5 Å². The van der Waals surface area contributed by atoms with Gasteiger partial charge in [-0.2, -0.15) is 0 Å². The molecular weight excluding hydrogens is 277 g/mol. The van der Waals surface area contributed by atoms with Gasteiger partial charge in [0.05, 0.1) is 17.7 Å². The average Bonchev–Trinajstić information content (AvgIpc) is 2.29. The first-order valence-electron chi connectivity index (χ1n) is 5.22. The molecule has 0 spiro atoms. The second-order valence-electron chi connectivity index (χ2n) is 3.88. The van der Waals surface area contributed by atoms with E-state index >= 15 is 0 Å². The Bertz CT molecular complexity index is 422. The number of rotatable bonds is 4. The molecule has 0 unspecified atom stereocenters. The highest BCUT2D eigenvalue weighted by Crippen LogP contribution is 2.27. The van der Waals surface area contributed by atoms with Gasteiger partial charge in [0.1, 0.15) is 12.4 Å². The molecule has 0 saturated carbocycles. The Balaban J connectivity index is 0.00000289. The van der Waals surface area contributed by atoms with Crippen LogP contribution in [-0.4, -0.2) is 25.7 Å². The van der Waals surface area contributed by atoms with Crippen molar-refractivity contribution in [3.05, 3.63) is 28.3 Å². The first-order valence-corrected chi connectivity index (χ1v) is 5.60. The molecule has 0 saturated heterocycles. The van der Waals surface area contributed by atoms with E-state index in [2.05, 4.69) is 4.74 Å². The minimum atomic E-state index is -0.482. The molecule has 0 amide bonds. The molecule has 0 radical (unpaired) electrons. The van der Waals surface area contributed by atoms with Crippen LogP contribution in [0.1, 0.15) is 22.8 Å². The van der Waals surface area contributed by atoms with Crippen LogP contribution in [0.2, 0.25) is 5.02 Å². The van der Waals surface area contributed by atoms with Crippen molar-refractivity contribution in [2.45, 2.75) is 19.9 Å². The van der Waals surface area contributed by atoms with Gasteiger partial charge < -0.3 is 15.2 Å². The van der Waals surface area contributed by atoms with Gasteiger partial charge in [-0.05, 0) is 31.5 Å². The van der Waals surface area contributed by atoms with Crippen LogP contribution >= 0.6 is 24.0 Å². The Labute approximate surface area is 118 Å². The standard InChI is InChI=1S/C12H16ClNO3.ClH/c1-7-4-9(17-6-8(2)14)5-10(11(7)13)12(15)16-3;/h4-5,8H,6,14H2,1-3H3;1H/t8-;/m0./s1. The Morgan fingerprint density at radius 1 is 1.50 bits per heavy atom. The summed E-state index contributed by atoms with van der Waals surface area (Å²) in [6.07, 6.45) is 0. The molecule has 0 aliphatic rings. The van der Waals surface area contributed by atoms with E-state index < -0.39 is 5.97 Å². The summed E-state index contributed by atoms with van der Waals surface area (Å²) >= 11 is 6.02. The molecule has 1 aromatic rings. The Kier molecular flexibility index (Phi) is 7.06. The maximum absolute atomic E-state index is 11.5. The van der Waals surface area contributed by atoms with Crippen LogP contribution in [-0.2, 0) is 4.74 Å². The van der Waals surface area contributed by atoms with Gasteiger partial charge in [-0.25, -0.2) is 4.79 Å². The number of carbonyl (C=O) groups excluding carboxylic acids is 1. The van der Waals surface area contributed by atoms with Gasteiger partial charge in [0.25, 0.3) is 0 Å². The van der Waals surface area contributed by atoms with Gasteiger partial charge >= 0.3 is 5.97 Å². The van der Waals surface area contributed by atoms with E-state index in [9.17, 15) is 4.79 Å². The lowest BCUT2D eigenvalue weighted by molar-refractivity contribution is 0.0600. The molecule has 0 fully saturated rings. The van der Waals surface area contributed by atoms with Gasteiger partial charge in [0, 0.05) is 6.04 Å². The normalized spacial score (nSPS) is 11.4. The van der Waals surface area contributed by atoms with Gasteiger partial charge in [-0.1, -0.05) is 11.6 Å². The van der Waals surface area contributed by atoms with E-state index in [1.54, 1.807) is 19.1 Å². The molecule has 0 bridgehead atoms. The summed E-state index contributed by atoms with van der Waals surface area (Å²) < 4.78 is 10.1. The van der Waals surface area contributed by atoms with Crippen molar-refractivity contribution in [2.24, 2.45) is 5.73 Å². The van der Waals surface area contributed by atoms with Crippen molar-refractivity contribution in [1.29, 1.82) is 0 Å². The van der Waals surface area contributed by atoms with Crippen LogP contribution in [0.4, 0.5) is 0 Å². The summed E-state index contributed by atoms with van der Waals surface area (Å²) in [5, 5.41) is 0.380. The fourth-order valence-electron chi connectivity index (χ4n) is 1.31. The largest absolute Gasteiger partial charge is 0.492 e. The maximum Gasteiger partial charge on any atom is 0.339 e. The third-order valence-electron chi connectivity index (χ3n) is 2.15. The Morgan fingerprint density at radius 2 is 2.11 bits per heavy atom. The molecule has 2 N–H and O–H groups in total. The number of esters is 1. The molecular formula is C12H17Cl2NO3. The predicted molar refractivity (Wildman–Crippen MR) is 73.9 cm³/mol. The molecule has 18 heavy (non-hydrogen) atoms. The third-order valence-corrected chi connectivity index (χ3v) is 2.65. The van der Waals surface area contributed by atoms with Crippen molar-refractivity contribution in [3.8, 4) is 5.75 Å². The number of aryl methyl sites for hydroxylation is 1. The summed E-state index contributed by atoms with van der Waals surface area (Å²) in [6.45, 7) is 4.01. The number of methoxy groups -OCH3 is 1. The molecule has 1 rings (SSSR count). The quantitative estimate of drug-likeness (QED) is 0.867. The number of nitrogens with two attached hydrogens (primary N) is 1. The molecule has 6 heteroatoms. The maximum atomic E-state index is 11.5. The fraction of sp³-hybridized carbons (Fsp3) is 0.417. The predicted octanol–water partition coefficient (Wildman–Crippen LogP) is 2.58. The number of benzene rings is 1. The summed E-state index contributed by atoms with van der Waals surface area (Å²) in [5.41, 5.74) is 6.65. The van der Waals surface area contributed by atoms with E-state index in [4.69, 9.17) is 22.1 Å². The highest BCUT2D eigenvalue weighted by Gasteiger charge is 2.14. The minimum absolute atomic E-state index is 0. The summed E-state index contributed by atoms with van der Waals surface area (Å²) in [5.74, 6) is 0.0777. The van der Waals surface area contributed by atoms with Crippen LogP contribution in [0, 0.1) is 6.92 Å². The van der Waals surface area contributed by atoms with Crippen molar-refractivity contribution in [2.75, 3.05) is 13.7 Å².